The molecular weight excluding hydrogens is 556 g/mol. The molecule has 1 aliphatic rings. The third kappa shape index (κ3) is 11.3. The summed E-state index contributed by atoms with van der Waals surface area (Å²) < 4.78 is 64.5. The maximum atomic E-state index is 10.6. The Morgan fingerprint density at radius 2 is 1.34 bits per heavy atom. The molecule has 0 bridgehead atoms. The molecule has 3 N–H and O–H groups in total. The van der Waals surface area contributed by atoms with Gasteiger partial charge in [0.2, 0.25) is 0 Å². The van der Waals surface area contributed by atoms with Crippen molar-refractivity contribution >= 4 is 33.6 Å². The van der Waals surface area contributed by atoms with Crippen molar-refractivity contribution in [2.75, 3.05) is 31.1 Å². The normalized spacial score (nSPS) is 14.2. The Bertz CT molecular complexity index is 944. The van der Waals surface area contributed by atoms with Crippen LogP contribution in [0.4, 0.5) is 32.0 Å². The lowest BCUT2D eigenvalue weighted by Gasteiger charge is -2.36. The Morgan fingerprint density at radius 1 is 0.886 bits per heavy atom. The number of carbonyl (C=O) groups is 2. The van der Waals surface area contributed by atoms with E-state index in [0.29, 0.717) is 5.75 Å². The van der Waals surface area contributed by atoms with Crippen LogP contribution in [0.15, 0.2) is 47.2 Å². The molecule has 1 aliphatic heterocycles. The monoisotopic (exact) mass is 575 g/mol. The standard InChI is InChI=1S/C16H18BrN3O.2C2HF3O2/c17-14-1-2-16(21)13(11-14)12-19-7-9-20(10-8-19)15-3-5-18-6-4-15;2*3-2(4,5)1(6)7/h1-6,11,21H,7-10,12H2;2*(H,6,7). The fourth-order valence-corrected chi connectivity index (χ4v) is 3.05. The average molecular weight is 576 g/mol. The molecule has 35 heavy (non-hydrogen) atoms. The molecule has 1 aromatic heterocycles. The first-order chi connectivity index (χ1) is 16.1. The summed E-state index contributed by atoms with van der Waals surface area (Å²) in [6, 6.07) is 9.70. The van der Waals surface area contributed by atoms with E-state index in [1.54, 1.807) is 6.07 Å². The summed E-state index contributed by atoms with van der Waals surface area (Å²) in [5.74, 6) is -5.14. The smallest absolute Gasteiger partial charge is 0.490 e. The highest BCUT2D eigenvalue weighted by Gasteiger charge is 2.38. The predicted octanol–water partition coefficient (Wildman–Crippen LogP) is 4.14. The summed E-state index contributed by atoms with van der Waals surface area (Å²) in [7, 11) is 0. The first-order valence-corrected chi connectivity index (χ1v) is 10.4. The molecule has 0 spiro atoms. The lowest BCUT2D eigenvalue weighted by molar-refractivity contribution is -0.193. The summed E-state index contributed by atoms with van der Waals surface area (Å²) in [5.41, 5.74) is 2.21. The van der Waals surface area contributed by atoms with Gasteiger partial charge in [-0.15, -0.1) is 0 Å². The maximum Gasteiger partial charge on any atom is 0.490 e. The number of rotatable bonds is 3. The Balaban J connectivity index is 0.000000362. The van der Waals surface area contributed by atoms with Gasteiger partial charge in [0.1, 0.15) is 5.75 Å². The van der Waals surface area contributed by atoms with Crippen LogP contribution >= 0.6 is 15.9 Å². The Morgan fingerprint density at radius 3 is 1.77 bits per heavy atom. The fourth-order valence-electron chi connectivity index (χ4n) is 2.64. The molecule has 0 atom stereocenters. The fraction of sp³-hybridized carbons (Fsp3) is 0.350. The molecule has 1 aromatic carbocycles. The first-order valence-electron chi connectivity index (χ1n) is 9.56. The highest BCUT2D eigenvalue weighted by atomic mass is 79.9. The number of carboxylic acid groups (broad SMARTS) is 2. The Kier molecular flexibility index (Phi) is 11.2. The number of hydrogen-bond donors (Lipinski definition) is 3. The quantitative estimate of drug-likeness (QED) is 0.468. The molecule has 15 heteroatoms. The van der Waals surface area contributed by atoms with Crippen molar-refractivity contribution in [3.05, 3.63) is 52.8 Å². The summed E-state index contributed by atoms with van der Waals surface area (Å²) in [6.07, 6.45) is -6.50. The minimum absolute atomic E-state index is 0.370. The van der Waals surface area contributed by atoms with Crippen molar-refractivity contribution in [2.45, 2.75) is 18.9 Å². The summed E-state index contributed by atoms with van der Waals surface area (Å²) in [4.78, 5) is 26.6. The van der Waals surface area contributed by atoms with Gasteiger partial charge < -0.3 is 20.2 Å². The van der Waals surface area contributed by atoms with E-state index < -0.39 is 24.3 Å². The van der Waals surface area contributed by atoms with E-state index in [9.17, 15) is 31.4 Å². The third-order valence-corrected chi connectivity index (χ3v) is 4.81. The van der Waals surface area contributed by atoms with Crippen LogP contribution in [0.1, 0.15) is 5.56 Å². The van der Waals surface area contributed by atoms with Gasteiger partial charge in [-0.1, -0.05) is 15.9 Å². The summed E-state index contributed by atoms with van der Waals surface area (Å²) in [6.45, 7) is 4.77. The second-order valence-corrected chi connectivity index (χ2v) is 7.76. The van der Waals surface area contributed by atoms with Crippen molar-refractivity contribution < 1.29 is 51.3 Å². The van der Waals surface area contributed by atoms with Gasteiger partial charge in [-0.25, -0.2) is 9.59 Å². The van der Waals surface area contributed by atoms with Crippen molar-refractivity contribution in [3.63, 3.8) is 0 Å². The SMILES string of the molecule is O=C(O)C(F)(F)F.O=C(O)C(F)(F)F.Oc1ccc(Br)cc1CN1CCN(c2ccncc2)CC1. The highest BCUT2D eigenvalue weighted by Crippen LogP contribution is 2.24. The molecule has 1 fully saturated rings. The van der Waals surface area contributed by atoms with E-state index >= 15 is 0 Å². The molecule has 0 radical (unpaired) electrons. The van der Waals surface area contributed by atoms with Crippen LogP contribution in [0.25, 0.3) is 0 Å². The Hall–Kier alpha value is -3.07. The van der Waals surface area contributed by atoms with Crippen LogP contribution in [0, 0.1) is 0 Å². The maximum absolute atomic E-state index is 10.6. The molecule has 0 unspecified atom stereocenters. The number of carboxylic acids is 2. The number of aliphatic carboxylic acids is 2. The minimum atomic E-state index is -5.08. The number of anilines is 1. The molecular formula is C20H20BrF6N3O5. The zero-order chi connectivity index (χ0) is 26.8. The predicted molar refractivity (Wildman–Crippen MR) is 115 cm³/mol. The van der Waals surface area contributed by atoms with Crippen LogP contribution < -0.4 is 4.90 Å². The second-order valence-electron chi connectivity index (χ2n) is 6.85. The van der Waals surface area contributed by atoms with Crippen LogP contribution in [0.5, 0.6) is 5.75 Å². The zero-order valence-corrected chi connectivity index (χ0v) is 19.3. The van der Waals surface area contributed by atoms with E-state index in [4.69, 9.17) is 19.8 Å². The molecule has 1 saturated heterocycles. The molecule has 2 heterocycles. The molecule has 2 aromatic rings. The average Bonchev–Trinajstić information content (AvgIpc) is 2.77. The largest absolute Gasteiger partial charge is 0.508 e. The number of nitrogens with zero attached hydrogens (tertiary/aromatic N) is 3. The van der Waals surface area contributed by atoms with Crippen LogP contribution in [-0.4, -0.2) is 75.7 Å². The van der Waals surface area contributed by atoms with E-state index in [-0.39, 0.29) is 0 Å². The van der Waals surface area contributed by atoms with Gasteiger partial charge >= 0.3 is 24.3 Å². The number of benzene rings is 1. The van der Waals surface area contributed by atoms with Gasteiger partial charge in [-0.05, 0) is 30.3 Å². The highest BCUT2D eigenvalue weighted by molar-refractivity contribution is 9.10. The summed E-state index contributed by atoms with van der Waals surface area (Å²) in [5, 5.41) is 24.2. The second kappa shape index (κ2) is 13.1. The molecule has 0 aliphatic carbocycles. The molecule has 8 nitrogen and oxygen atoms in total. The van der Waals surface area contributed by atoms with E-state index in [1.807, 2.05) is 24.5 Å². The van der Waals surface area contributed by atoms with Crippen molar-refractivity contribution in [1.82, 2.24) is 9.88 Å². The van der Waals surface area contributed by atoms with Crippen LogP contribution in [-0.2, 0) is 16.1 Å². The van der Waals surface area contributed by atoms with Crippen LogP contribution in [0.2, 0.25) is 0 Å². The summed E-state index contributed by atoms with van der Waals surface area (Å²) >= 11 is 3.46. The number of pyridine rings is 1. The zero-order valence-electron chi connectivity index (χ0n) is 17.7. The van der Waals surface area contributed by atoms with Crippen LogP contribution in [0.3, 0.4) is 0 Å². The number of aromatic hydroxyl groups is 1. The van der Waals surface area contributed by atoms with Gasteiger partial charge in [-0.3, -0.25) is 9.88 Å². The minimum Gasteiger partial charge on any atom is -0.508 e. The number of phenolic OH excluding ortho intramolecular Hbond substituents is 1. The molecule has 0 saturated carbocycles. The number of hydrogen-bond acceptors (Lipinski definition) is 6. The van der Waals surface area contributed by atoms with E-state index in [2.05, 4.69) is 42.8 Å². The topological polar surface area (TPSA) is 114 Å². The van der Waals surface area contributed by atoms with Gasteiger partial charge in [0.15, 0.2) is 0 Å². The van der Waals surface area contributed by atoms with Crippen molar-refractivity contribution in [3.8, 4) is 5.75 Å². The Labute approximate surface area is 203 Å². The number of piperazine rings is 1. The van der Waals surface area contributed by atoms with E-state index in [1.165, 1.54) is 5.69 Å². The lowest BCUT2D eigenvalue weighted by atomic mass is 10.1. The first kappa shape index (κ1) is 30.0. The van der Waals surface area contributed by atoms with Gasteiger partial charge in [0.25, 0.3) is 0 Å². The number of alkyl halides is 6. The van der Waals surface area contributed by atoms with Crippen molar-refractivity contribution in [2.24, 2.45) is 0 Å². The molecule has 194 valence electrons. The van der Waals surface area contributed by atoms with E-state index in [0.717, 1.165) is 42.8 Å². The van der Waals surface area contributed by atoms with Gasteiger partial charge in [0.05, 0.1) is 0 Å². The number of phenols is 1. The lowest BCUT2D eigenvalue weighted by Crippen LogP contribution is -2.45. The van der Waals surface area contributed by atoms with Gasteiger partial charge in [-0.2, -0.15) is 26.3 Å². The van der Waals surface area contributed by atoms with Crippen molar-refractivity contribution in [1.29, 1.82) is 0 Å². The molecule has 0 amide bonds. The number of halogens is 7. The van der Waals surface area contributed by atoms with Gasteiger partial charge in [0, 0.05) is 60.8 Å². The third-order valence-electron chi connectivity index (χ3n) is 4.32. The number of aromatic nitrogens is 1. The molecule has 3 rings (SSSR count).